The highest BCUT2D eigenvalue weighted by atomic mass is 32.2. The molecule has 0 saturated carbocycles. The predicted octanol–water partition coefficient (Wildman–Crippen LogP) is 4.18. The normalized spacial score (nSPS) is 10.7. The van der Waals surface area contributed by atoms with Crippen molar-refractivity contribution in [3.8, 4) is 5.69 Å². The Morgan fingerprint density at radius 3 is 2.38 bits per heavy atom. The van der Waals surface area contributed by atoms with Gasteiger partial charge < -0.3 is 5.32 Å². The average Bonchev–Trinajstić information content (AvgIpc) is 3.02. The van der Waals surface area contributed by atoms with Crippen molar-refractivity contribution in [2.24, 2.45) is 0 Å². The molecule has 6 heteroatoms. The van der Waals surface area contributed by atoms with Crippen LogP contribution in [0.5, 0.6) is 0 Å². The number of hydrogen-bond donors (Lipinski definition) is 1. The Labute approximate surface area is 157 Å². The molecule has 0 fully saturated rings. The molecule has 1 aromatic heterocycles. The average molecular weight is 366 g/mol. The maximum absolute atomic E-state index is 12.2. The van der Waals surface area contributed by atoms with E-state index in [-0.39, 0.29) is 11.7 Å². The van der Waals surface area contributed by atoms with E-state index in [4.69, 9.17) is 0 Å². The van der Waals surface area contributed by atoms with Crippen molar-refractivity contribution in [3.63, 3.8) is 0 Å². The van der Waals surface area contributed by atoms with Crippen LogP contribution in [0.25, 0.3) is 5.69 Å². The van der Waals surface area contributed by atoms with Crippen molar-refractivity contribution < 1.29 is 4.79 Å². The van der Waals surface area contributed by atoms with Gasteiger partial charge in [0.25, 0.3) is 0 Å². The zero-order valence-electron chi connectivity index (χ0n) is 15.2. The van der Waals surface area contributed by atoms with Crippen LogP contribution in [0, 0.1) is 13.8 Å². The summed E-state index contributed by atoms with van der Waals surface area (Å²) < 4.78 is 1.98. The first-order valence-corrected chi connectivity index (χ1v) is 9.56. The SMILES string of the molecule is CCc1ccc(-n2c(C)nnc2SCC(=O)Nc2ccc(C)cc2)cc1. The zero-order valence-corrected chi connectivity index (χ0v) is 16.0. The molecule has 0 bridgehead atoms. The second-order valence-corrected chi connectivity index (χ2v) is 7.03. The van der Waals surface area contributed by atoms with Gasteiger partial charge in [-0.1, -0.05) is 48.5 Å². The number of nitrogens with one attached hydrogen (secondary N) is 1. The van der Waals surface area contributed by atoms with Crippen LogP contribution in [0.2, 0.25) is 0 Å². The number of amides is 1. The third kappa shape index (κ3) is 4.32. The number of hydrogen-bond acceptors (Lipinski definition) is 4. The monoisotopic (exact) mass is 366 g/mol. The summed E-state index contributed by atoms with van der Waals surface area (Å²) in [4.78, 5) is 12.2. The van der Waals surface area contributed by atoms with Crippen molar-refractivity contribution in [2.75, 3.05) is 11.1 Å². The molecule has 134 valence electrons. The first-order valence-electron chi connectivity index (χ1n) is 8.57. The molecular formula is C20H22N4OS. The second-order valence-electron chi connectivity index (χ2n) is 6.09. The van der Waals surface area contributed by atoms with Crippen LogP contribution in [0.15, 0.2) is 53.7 Å². The number of nitrogens with zero attached hydrogens (tertiary/aromatic N) is 3. The van der Waals surface area contributed by atoms with Crippen LogP contribution in [-0.2, 0) is 11.2 Å². The predicted molar refractivity (Wildman–Crippen MR) is 106 cm³/mol. The molecule has 3 rings (SSSR count). The van der Waals surface area contributed by atoms with Gasteiger partial charge in [0.05, 0.1) is 5.75 Å². The van der Waals surface area contributed by atoms with Gasteiger partial charge in [0.2, 0.25) is 5.91 Å². The van der Waals surface area contributed by atoms with E-state index in [1.54, 1.807) is 0 Å². The Balaban J connectivity index is 1.68. The van der Waals surface area contributed by atoms with E-state index in [1.807, 2.05) is 42.7 Å². The highest BCUT2D eigenvalue weighted by Gasteiger charge is 2.13. The van der Waals surface area contributed by atoms with Crippen LogP contribution in [-0.4, -0.2) is 26.4 Å². The van der Waals surface area contributed by atoms with E-state index in [0.717, 1.165) is 29.2 Å². The lowest BCUT2D eigenvalue weighted by Crippen LogP contribution is -2.14. The van der Waals surface area contributed by atoms with E-state index >= 15 is 0 Å². The maximum Gasteiger partial charge on any atom is 0.234 e. The van der Waals surface area contributed by atoms with Crippen molar-refractivity contribution >= 4 is 23.4 Å². The van der Waals surface area contributed by atoms with Crippen molar-refractivity contribution in [2.45, 2.75) is 32.3 Å². The number of carbonyl (C=O) groups is 1. The van der Waals surface area contributed by atoms with E-state index in [2.05, 4.69) is 46.7 Å². The number of anilines is 1. The Morgan fingerprint density at radius 2 is 1.73 bits per heavy atom. The van der Waals surface area contributed by atoms with E-state index in [9.17, 15) is 4.79 Å². The van der Waals surface area contributed by atoms with Crippen molar-refractivity contribution in [1.29, 1.82) is 0 Å². The molecule has 3 aromatic rings. The minimum absolute atomic E-state index is 0.0626. The van der Waals surface area contributed by atoms with Gasteiger partial charge in [-0.05, 0) is 50.1 Å². The molecule has 1 N–H and O–H groups in total. The Kier molecular flexibility index (Phi) is 5.73. The summed E-state index contributed by atoms with van der Waals surface area (Å²) in [7, 11) is 0. The number of benzene rings is 2. The molecule has 1 amide bonds. The Bertz CT molecular complexity index is 885. The van der Waals surface area contributed by atoms with E-state index in [0.29, 0.717) is 5.16 Å². The van der Waals surface area contributed by atoms with E-state index in [1.165, 1.54) is 17.3 Å². The zero-order chi connectivity index (χ0) is 18.5. The second kappa shape index (κ2) is 8.19. The van der Waals surface area contributed by atoms with Crippen molar-refractivity contribution in [1.82, 2.24) is 14.8 Å². The molecule has 5 nitrogen and oxygen atoms in total. The first-order chi connectivity index (χ1) is 12.6. The molecule has 0 saturated heterocycles. The van der Waals surface area contributed by atoms with Crippen LogP contribution in [0.4, 0.5) is 5.69 Å². The summed E-state index contributed by atoms with van der Waals surface area (Å²) in [6.45, 7) is 6.06. The Hall–Kier alpha value is -2.60. The third-order valence-corrected chi connectivity index (χ3v) is 4.99. The van der Waals surface area contributed by atoms with E-state index < -0.39 is 0 Å². The molecule has 0 aliphatic heterocycles. The summed E-state index contributed by atoms with van der Waals surface area (Å²) in [6.07, 6.45) is 1.00. The minimum Gasteiger partial charge on any atom is -0.325 e. The highest BCUT2D eigenvalue weighted by molar-refractivity contribution is 7.99. The summed E-state index contributed by atoms with van der Waals surface area (Å²) >= 11 is 1.38. The molecular weight excluding hydrogens is 344 g/mol. The summed E-state index contributed by atoms with van der Waals surface area (Å²) in [5, 5.41) is 12.0. The molecule has 0 spiro atoms. The van der Waals surface area contributed by atoms with Gasteiger partial charge in [0.1, 0.15) is 5.82 Å². The van der Waals surface area contributed by atoms with Gasteiger partial charge in [-0.25, -0.2) is 0 Å². The van der Waals surface area contributed by atoms with Crippen molar-refractivity contribution in [3.05, 3.63) is 65.5 Å². The smallest absolute Gasteiger partial charge is 0.234 e. The van der Waals surface area contributed by atoms with Gasteiger partial charge in [-0.15, -0.1) is 10.2 Å². The number of aromatic nitrogens is 3. The van der Waals surface area contributed by atoms with Gasteiger partial charge in [-0.3, -0.25) is 9.36 Å². The van der Waals surface area contributed by atoms with Crippen LogP contribution < -0.4 is 5.32 Å². The topological polar surface area (TPSA) is 59.8 Å². The minimum atomic E-state index is -0.0626. The molecule has 1 heterocycles. The molecule has 0 radical (unpaired) electrons. The van der Waals surface area contributed by atoms with Crippen LogP contribution >= 0.6 is 11.8 Å². The third-order valence-electron chi connectivity index (χ3n) is 4.07. The molecule has 0 atom stereocenters. The Morgan fingerprint density at radius 1 is 1.04 bits per heavy atom. The lowest BCUT2D eigenvalue weighted by molar-refractivity contribution is -0.113. The molecule has 0 aliphatic rings. The lowest BCUT2D eigenvalue weighted by Gasteiger charge is -2.09. The number of thioether (sulfide) groups is 1. The summed E-state index contributed by atoms with van der Waals surface area (Å²) in [5.74, 6) is 1.02. The largest absolute Gasteiger partial charge is 0.325 e. The highest BCUT2D eigenvalue weighted by Crippen LogP contribution is 2.22. The fourth-order valence-corrected chi connectivity index (χ4v) is 3.38. The molecule has 2 aromatic carbocycles. The number of rotatable bonds is 6. The van der Waals surface area contributed by atoms with Gasteiger partial charge in [0.15, 0.2) is 5.16 Å². The molecule has 0 unspecified atom stereocenters. The van der Waals surface area contributed by atoms with Crippen LogP contribution in [0.3, 0.4) is 0 Å². The molecule has 0 aliphatic carbocycles. The summed E-state index contributed by atoms with van der Waals surface area (Å²) in [5.41, 5.74) is 4.25. The van der Waals surface area contributed by atoms with Gasteiger partial charge in [0, 0.05) is 11.4 Å². The summed E-state index contributed by atoms with van der Waals surface area (Å²) in [6, 6.07) is 16.1. The first kappa shape index (κ1) is 18.2. The number of carbonyl (C=O) groups excluding carboxylic acids is 1. The maximum atomic E-state index is 12.2. The molecule has 26 heavy (non-hydrogen) atoms. The van der Waals surface area contributed by atoms with Gasteiger partial charge >= 0.3 is 0 Å². The standard InChI is InChI=1S/C20H22N4OS/c1-4-16-7-11-18(12-8-16)24-15(3)22-23-20(24)26-13-19(25)21-17-9-5-14(2)6-10-17/h5-12H,4,13H2,1-3H3,(H,21,25). The number of aryl methyl sites for hydroxylation is 3. The van der Waals surface area contributed by atoms with Gasteiger partial charge in [-0.2, -0.15) is 0 Å². The fraction of sp³-hybridized carbons (Fsp3) is 0.250. The fourth-order valence-electron chi connectivity index (χ4n) is 2.58. The van der Waals surface area contributed by atoms with Crippen LogP contribution in [0.1, 0.15) is 23.9 Å². The lowest BCUT2D eigenvalue weighted by atomic mass is 10.1. The quantitative estimate of drug-likeness (QED) is 0.665.